The zero-order valence-corrected chi connectivity index (χ0v) is 16.3. The Hall–Kier alpha value is -0.600. The minimum atomic E-state index is 0.955. The van der Waals surface area contributed by atoms with E-state index in [1.807, 2.05) is 13.8 Å². The summed E-state index contributed by atoms with van der Waals surface area (Å²) in [6.45, 7) is 8.54. The van der Waals surface area contributed by atoms with Crippen molar-refractivity contribution < 1.29 is 0 Å². The fourth-order valence-electron chi connectivity index (χ4n) is 2.87. The lowest BCUT2D eigenvalue weighted by Crippen LogP contribution is -2.07. The van der Waals surface area contributed by atoms with Gasteiger partial charge in [0.25, 0.3) is 0 Å². The summed E-state index contributed by atoms with van der Waals surface area (Å²) in [5.41, 5.74) is 5.33. The molecule has 0 spiro atoms. The molecule has 0 saturated heterocycles. The highest BCUT2D eigenvalue weighted by Crippen LogP contribution is 2.23. The minimum absolute atomic E-state index is 0.955. The summed E-state index contributed by atoms with van der Waals surface area (Å²) in [6, 6.07) is 4.65. The van der Waals surface area contributed by atoms with Crippen molar-refractivity contribution in [3.8, 4) is 0 Å². The predicted molar refractivity (Wildman–Crippen MR) is 108 cm³/mol. The maximum absolute atomic E-state index is 5.45. The Labute approximate surface area is 147 Å². The Morgan fingerprint density at radius 3 is 1.36 bits per heavy atom. The molecule has 1 aromatic carbocycles. The standard InChI is InChI=1S/C20H30S2/c1-5-7-9-11-17-13-19(15(3)21)20(16(4)22)14-18(17)12-10-8-6-2/h13-14H,5-12H2,1-4H3. The van der Waals surface area contributed by atoms with Crippen LogP contribution < -0.4 is 0 Å². The lowest BCUT2D eigenvalue weighted by atomic mass is 9.90. The molecule has 1 rings (SSSR count). The third-order valence-electron chi connectivity index (χ3n) is 4.20. The van der Waals surface area contributed by atoms with Gasteiger partial charge in [-0.25, -0.2) is 0 Å². The zero-order valence-electron chi connectivity index (χ0n) is 14.6. The van der Waals surface area contributed by atoms with E-state index in [1.54, 1.807) is 0 Å². The van der Waals surface area contributed by atoms with Crippen molar-refractivity contribution in [2.75, 3.05) is 0 Å². The van der Waals surface area contributed by atoms with Crippen LogP contribution in [0, 0.1) is 0 Å². The first kappa shape index (κ1) is 19.4. The highest BCUT2D eigenvalue weighted by Gasteiger charge is 2.12. The molecule has 0 nitrogen and oxygen atoms in total. The lowest BCUT2D eigenvalue weighted by Gasteiger charge is -2.16. The largest absolute Gasteiger partial charge is 0.0846 e. The molecule has 0 bridgehead atoms. The average molecular weight is 335 g/mol. The van der Waals surface area contributed by atoms with Crippen LogP contribution in [0.25, 0.3) is 0 Å². The van der Waals surface area contributed by atoms with Gasteiger partial charge in [-0.05, 0) is 73.9 Å². The Balaban J connectivity index is 3.14. The molecule has 0 aliphatic rings. The number of hydrogen-bond acceptors (Lipinski definition) is 2. The third kappa shape index (κ3) is 5.89. The van der Waals surface area contributed by atoms with E-state index in [4.69, 9.17) is 24.4 Å². The van der Waals surface area contributed by atoms with E-state index in [0.717, 1.165) is 9.73 Å². The quantitative estimate of drug-likeness (QED) is 0.267. The first-order valence-electron chi connectivity index (χ1n) is 8.68. The molecule has 0 fully saturated rings. The van der Waals surface area contributed by atoms with Gasteiger partial charge in [0.1, 0.15) is 0 Å². The van der Waals surface area contributed by atoms with E-state index in [9.17, 15) is 0 Å². The van der Waals surface area contributed by atoms with E-state index < -0.39 is 0 Å². The zero-order chi connectivity index (χ0) is 16.5. The van der Waals surface area contributed by atoms with Crippen LogP contribution in [0.2, 0.25) is 0 Å². The van der Waals surface area contributed by atoms with E-state index in [2.05, 4.69) is 26.0 Å². The van der Waals surface area contributed by atoms with Gasteiger partial charge in [-0.3, -0.25) is 0 Å². The van der Waals surface area contributed by atoms with Crippen molar-refractivity contribution in [1.82, 2.24) is 0 Å². The van der Waals surface area contributed by atoms with Gasteiger partial charge in [0.05, 0.1) is 0 Å². The number of unbranched alkanes of at least 4 members (excludes halogenated alkanes) is 4. The molecule has 0 atom stereocenters. The SMILES string of the molecule is CCCCCc1cc(C(C)=S)c(C(C)=S)cc1CCCCC. The van der Waals surface area contributed by atoms with Crippen LogP contribution in [-0.2, 0) is 12.8 Å². The van der Waals surface area contributed by atoms with Crippen molar-refractivity contribution in [1.29, 1.82) is 0 Å². The molecule has 0 radical (unpaired) electrons. The fraction of sp³-hybridized carbons (Fsp3) is 0.600. The highest BCUT2D eigenvalue weighted by atomic mass is 32.1. The Morgan fingerprint density at radius 1 is 0.727 bits per heavy atom. The van der Waals surface area contributed by atoms with Gasteiger partial charge in [0, 0.05) is 9.73 Å². The molecule has 0 aliphatic heterocycles. The maximum atomic E-state index is 5.45. The second-order valence-corrected chi connectivity index (χ2v) is 7.42. The van der Waals surface area contributed by atoms with Crippen molar-refractivity contribution in [2.24, 2.45) is 0 Å². The lowest BCUT2D eigenvalue weighted by molar-refractivity contribution is 0.693. The van der Waals surface area contributed by atoms with E-state index in [1.165, 1.54) is 73.6 Å². The summed E-state index contributed by atoms with van der Waals surface area (Å²) in [5.74, 6) is 0. The molecule has 22 heavy (non-hydrogen) atoms. The minimum Gasteiger partial charge on any atom is -0.0846 e. The molecule has 0 heterocycles. The summed E-state index contributed by atoms with van der Waals surface area (Å²) < 4.78 is 0. The van der Waals surface area contributed by atoms with Gasteiger partial charge in [-0.1, -0.05) is 64.0 Å². The Morgan fingerprint density at radius 2 is 1.09 bits per heavy atom. The maximum Gasteiger partial charge on any atom is 0.0200 e. The average Bonchev–Trinajstić information content (AvgIpc) is 2.48. The number of rotatable bonds is 10. The number of aryl methyl sites for hydroxylation is 2. The van der Waals surface area contributed by atoms with Crippen molar-refractivity contribution in [3.63, 3.8) is 0 Å². The molecular formula is C20H30S2. The van der Waals surface area contributed by atoms with Gasteiger partial charge in [0.2, 0.25) is 0 Å². The summed E-state index contributed by atoms with van der Waals surface area (Å²) in [6.07, 6.45) is 10.0. The van der Waals surface area contributed by atoms with Crippen molar-refractivity contribution in [3.05, 3.63) is 34.4 Å². The molecule has 2 heteroatoms. The van der Waals surface area contributed by atoms with E-state index >= 15 is 0 Å². The molecule has 0 aromatic heterocycles. The van der Waals surface area contributed by atoms with Crippen molar-refractivity contribution >= 4 is 34.2 Å². The van der Waals surface area contributed by atoms with Crippen LogP contribution in [-0.4, -0.2) is 9.73 Å². The summed E-state index contributed by atoms with van der Waals surface area (Å²) in [7, 11) is 0. The van der Waals surface area contributed by atoms with Gasteiger partial charge in [0.15, 0.2) is 0 Å². The number of benzene rings is 1. The topological polar surface area (TPSA) is 0 Å². The Kier molecular flexibility index (Phi) is 9.04. The highest BCUT2D eigenvalue weighted by molar-refractivity contribution is 7.81. The first-order chi connectivity index (χ1) is 10.5. The fourth-order valence-corrected chi connectivity index (χ4v) is 3.21. The smallest absolute Gasteiger partial charge is 0.0200 e. The predicted octanol–water partition coefficient (Wildman–Crippen LogP) is 6.63. The summed E-state index contributed by atoms with van der Waals surface area (Å²) in [5, 5.41) is 0. The van der Waals surface area contributed by atoms with Crippen LogP contribution >= 0.6 is 24.4 Å². The summed E-state index contributed by atoms with van der Waals surface area (Å²) in [4.78, 5) is 1.91. The third-order valence-corrected chi connectivity index (χ3v) is 4.64. The molecule has 0 aliphatic carbocycles. The first-order valence-corrected chi connectivity index (χ1v) is 9.50. The molecule has 1 aromatic rings. The van der Waals surface area contributed by atoms with Crippen molar-refractivity contribution in [2.45, 2.75) is 79.1 Å². The van der Waals surface area contributed by atoms with Gasteiger partial charge < -0.3 is 0 Å². The molecular weight excluding hydrogens is 304 g/mol. The number of hydrogen-bond donors (Lipinski definition) is 0. The van der Waals surface area contributed by atoms with Crippen LogP contribution in [0.15, 0.2) is 12.1 Å². The normalized spacial score (nSPS) is 10.7. The van der Waals surface area contributed by atoms with Gasteiger partial charge in [-0.2, -0.15) is 0 Å². The second kappa shape index (κ2) is 10.2. The second-order valence-electron chi connectivity index (χ2n) is 6.19. The molecule has 0 unspecified atom stereocenters. The van der Waals surface area contributed by atoms with Crippen LogP contribution in [0.3, 0.4) is 0 Å². The molecule has 122 valence electrons. The number of thiocarbonyl (C=S) groups is 2. The van der Waals surface area contributed by atoms with Crippen LogP contribution in [0.1, 0.15) is 88.5 Å². The van der Waals surface area contributed by atoms with E-state index in [0.29, 0.717) is 0 Å². The molecule has 0 saturated carbocycles. The molecule has 0 N–H and O–H groups in total. The van der Waals surface area contributed by atoms with Gasteiger partial charge in [-0.15, -0.1) is 0 Å². The monoisotopic (exact) mass is 334 g/mol. The van der Waals surface area contributed by atoms with Crippen LogP contribution in [0.5, 0.6) is 0 Å². The Bertz CT molecular complexity index is 468. The summed E-state index contributed by atoms with van der Waals surface area (Å²) >= 11 is 10.9. The molecule has 0 amide bonds. The van der Waals surface area contributed by atoms with Crippen LogP contribution in [0.4, 0.5) is 0 Å². The van der Waals surface area contributed by atoms with Gasteiger partial charge >= 0.3 is 0 Å². The van der Waals surface area contributed by atoms with E-state index in [-0.39, 0.29) is 0 Å².